The predicted molar refractivity (Wildman–Crippen MR) is 52.7 cm³/mol. The Bertz CT molecular complexity index is 492. The van der Waals surface area contributed by atoms with Gasteiger partial charge in [0.05, 0.1) is 0 Å². The van der Waals surface area contributed by atoms with Gasteiger partial charge in [0.1, 0.15) is 12.1 Å². The monoisotopic (exact) mass is 215 g/mol. The van der Waals surface area contributed by atoms with Gasteiger partial charge in [-0.3, -0.25) is 4.84 Å². The van der Waals surface area contributed by atoms with E-state index in [2.05, 4.69) is 4.84 Å². The van der Waals surface area contributed by atoms with Crippen LogP contribution >= 0.6 is 0 Å². The van der Waals surface area contributed by atoms with Gasteiger partial charge in [-0.2, -0.15) is 10.5 Å². The van der Waals surface area contributed by atoms with Crippen molar-refractivity contribution in [3.63, 3.8) is 0 Å². The van der Waals surface area contributed by atoms with Gasteiger partial charge in [-0.15, -0.1) is 10.1 Å². The van der Waals surface area contributed by atoms with Gasteiger partial charge in [-0.25, -0.2) is 0 Å². The lowest BCUT2D eigenvalue weighted by Crippen LogP contribution is -2.02. The van der Waals surface area contributed by atoms with Crippen molar-refractivity contribution in [2.45, 2.75) is 0 Å². The lowest BCUT2D eigenvalue weighted by molar-refractivity contribution is -0.730. The fourth-order valence-electron chi connectivity index (χ4n) is 1.03. The summed E-state index contributed by atoms with van der Waals surface area (Å²) in [5, 5.41) is 26.5. The van der Waals surface area contributed by atoms with E-state index in [1.165, 1.54) is 12.1 Å². The van der Waals surface area contributed by atoms with E-state index in [4.69, 9.17) is 10.5 Å². The summed E-state index contributed by atoms with van der Waals surface area (Å²) in [5.74, 6) is -0.351. The topological polar surface area (TPSA) is 100.0 Å². The third-order valence-electron chi connectivity index (χ3n) is 1.65. The van der Waals surface area contributed by atoms with Crippen molar-refractivity contribution in [1.29, 1.82) is 10.5 Å². The molecule has 0 heterocycles. The number of hydrogen-bond donors (Lipinski definition) is 0. The molecule has 6 heteroatoms. The first-order valence-electron chi connectivity index (χ1n) is 4.11. The molecule has 0 unspecified atom stereocenters. The molecule has 0 amide bonds. The minimum absolute atomic E-state index is 0.303. The van der Waals surface area contributed by atoms with Crippen molar-refractivity contribution < 1.29 is 9.92 Å². The summed E-state index contributed by atoms with van der Waals surface area (Å²) in [6.45, 7) is 0. The smallest absolute Gasteiger partial charge is 0.273 e. The third kappa shape index (κ3) is 2.56. The fourth-order valence-corrected chi connectivity index (χ4v) is 1.03. The predicted octanol–water partition coefficient (Wildman–Crippen LogP) is 1.65. The van der Waals surface area contributed by atoms with Gasteiger partial charge in [-0.05, 0) is 0 Å². The van der Waals surface area contributed by atoms with E-state index in [1.807, 2.05) is 0 Å². The summed E-state index contributed by atoms with van der Waals surface area (Å²) in [7, 11) is 0. The second-order valence-electron chi connectivity index (χ2n) is 2.61. The second kappa shape index (κ2) is 5.13. The molecular formula is C10H5N3O3. The highest BCUT2D eigenvalue weighted by Crippen LogP contribution is 2.19. The van der Waals surface area contributed by atoms with Crippen LogP contribution < -0.4 is 0 Å². The van der Waals surface area contributed by atoms with Crippen molar-refractivity contribution >= 4 is 5.76 Å². The molecule has 0 aliphatic rings. The molecule has 0 saturated heterocycles. The molecule has 1 aromatic rings. The maximum absolute atomic E-state index is 10.2. The van der Waals surface area contributed by atoms with Crippen molar-refractivity contribution in [1.82, 2.24) is 0 Å². The van der Waals surface area contributed by atoms with E-state index in [-0.39, 0.29) is 5.76 Å². The zero-order valence-electron chi connectivity index (χ0n) is 7.95. The van der Waals surface area contributed by atoms with E-state index in [9.17, 15) is 10.1 Å². The van der Waals surface area contributed by atoms with Crippen molar-refractivity contribution in [2.24, 2.45) is 0 Å². The van der Waals surface area contributed by atoms with Gasteiger partial charge in [0, 0.05) is 5.56 Å². The first kappa shape index (κ1) is 11.2. The average molecular weight is 215 g/mol. The van der Waals surface area contributed by atoms with Crippen LogP contribution in [0.15, 0.2) is 35.9 Å². The summed E-state index contributed by atoms with van der Waals surface area (Å²) in [4.78, 5) is 14.5. The third-order valence-corrected chi connectivity index (χ3v) is 1.65. The molecular weight excluding hydrogens is 210 g/mol. The SMILES string of the molecule is N#CC(C#N)=C(O[N+](=O)[O-])c1ccccc1. The highest BCUT2D eigenvalue weighted by Gasteiger charge is 2.13. The highest BCUT2D eigenvalue weighted by molar-refractivity contribution is 5.70. The van der Waals surface area contributed by atoms with E-state index in [1.54, 1.807) is 30.3 Å². The Morgan fingerprint density at radius 3 is 2.25 bits per heavy atom. The normalized spacial score (nSPS) is 8.38. The Morgan fingerprint density at radius 1 is 1.25 bits per heavy atom. The second-order valence-corrected chi connectivity index (χ2v) is 2.61. The van der Waals surface area contributed by atoms with E-state index in [0.29, 0.717) is 5.56 Å². The largest absolute Gasteiger partial charge is 0.299 e. The zero-order chi connectivity index (χ0) is 12.0. The van der Waals surface area contributed by atoms with Crippen LogP contribution in [0.1, 0.15) is 5.56 Å². The molecule has 78 valence electrons. The van der Waals surface area contributed by atoms with E-state index < -0.39 is 10.7 Å². The molecule has 0 radical (unpaired) electrons. The van der Waals surface area contributed by atoms with Crippen LogP contribution in [0.25, 0.3) is 5.76 Å². The molecule has 0 fully saturated rings. The number of benzene rings is 1. The first-order valence-corrected chi connectivity index (χ1v) is 4.11. The molecule has 6 nitrogen and oxygen atoms in total. The number of nitrogens with zero attached hydrogens (tertiary/aromatic N) is 3. The van der Waals surface area contributed by atoms with Crippen LogP contribution in [-0.2, 0) is 4.84 Å². The Kier molecular flexibility index (Phi) is 3.59. The quantitative estimate of drug-likeness (QED) is 0.330. The van der Waals surface area contributed by atoms with Crippen LogP contribution in [0.5, 0.6) is 0 Å². The van der Waals surface area contributed by atoms with Crippen molar-refractivity contribution in [2.75, 3.05) is 0 Å². The van der Waals surface area contributed by atoms with Gasteiger partial charge >= 0.3 is 0 Å². The minimum atomic E-state index is -1.06. The van der Waals surface area contributed by atoms with Crippen LogP contribution in [0.3, 0.4) is 0 Å². The summed E-state index contributed by atoms with van der Waals surface area (Å²) in [6, 6.07) is 11.0. The lowest BCUT2D eigenvalue weighted by Gasteiger charge is -2.03. The van der Waals surface area contributed by atoms with E-state index >= 15 is 0 Å². The number of rotatable bonds is 3. The Labute approximate surface area is 90.7 Å². The fraction of sp³-hybridized carbons (Fsp3) is 0. The van der Waals surface area contributed by atoms with Gasteiger partial charge in [0.25, 0.3) is 5.09 Å². The maximum Gasteiger partial charge on any atom is 0.299 e. The van der Waals surface area contributed by atoms with Crippen LogP contribution in [0, 0.1) is 32.8 Å². The first-order chi connectivity index (χ1) is 7.69. The summed E-state index contributed by atoms with van der Waals surface area (Å²) < 4.78 is 0. The van der Waals surface area contributed by atoms with Crippen LogP contribution in [-0.4, -0.2) is 5.09 Å². The Hall–Kier alpha value is -2.86. The van der Waals surface area contributed by atoms with Crippen LogP contribution in [0.2, 0.25) is 0 Å². The van der Waals surface area contributed by atoms with Crippen molar-refractivity contribution in [3.8, 4) is 12.1 Å². The summed E-state index contributed by atoms with van der Waals surface area (Å²) in [5.41, 5.74) is -0.139. The molecule has 0 aliphatic carbocycles. The molecule has 0 bridgehead atoms. The average Bonchev–Trinajstić information content (AvgIpc) is 2.30. The molecule has 1 aromatic carbocycles. The lowest BCUT2D eigenvalue weighted by atomic mass is 10.1. The van der Waals surface area contributed by atoms with Crippen LogP contribution in [0.4, 0.5) is 0 Å². The molecule has 0 aromatic heterocycles. The van der Waals surface area contributed by atoms with E-state index in [0.717, 1.165) is 0 Å². The molecule has 0 spiro atoms. The van der Waals surface area contributed by atoms with Gasteiger partial charge in [-0.1, -0.05) is 30.3 Å². The molecule has 1 rings (SSSR count). The van der Waals surface area contributed by atoms with Gasteiger partial charge in [0.2, 0.25) is 0 Å². The summed E-state index contributed by atoms with van der Waals surface area (Å²) >= 11 is 0. The number of nitriles is 2. The zero-order valence-corrected chi connectivity index (χ0v) is 7.95. The maximum atomic E-state index is 10.2. The molecule has 0 saturated carbocycles. The van der Waals surface area contributed by atoms with Gasteiger partial charge in [0.15, 0.2) is 11.3 Å². The minimum Gasteiger partial charge on any atom is -0.273 e. The highest BCUT2D eigenvalue weighted by atomic mass is 17.0. The molecule has 0 atom stereocenters. The Morgan fingerprint density at radius 2 is 1.81 bits per heavy atom. The number of allylic oxidation sites excluding steroid dienone is 1. The standard InChI is InChI=1S/C10H5N3O3/c11-6-9(7-12)10(16-13(14)15)8-4-2-1-3-5-8/h1-5H. The van der Waals surface area contributed by atoms with Crippen molar-refractivity contribution in [3.05, 3.63) is 51.6 Å². The Balaban J connectivity index is 3.29. The molecule has 0 aliphatic heterocycles. The number of hydrogen-bond acceptors (Lipinski definition) is 5. The molecule has 16 heavy (non-hydrogen) atoms. The van der Waals surface area contributed by atoms with Gasteiger partial charge < -0.3 is 0 Å². The summed E-state index contributed by atoms with van der Waals surface area (Å²) in [6.07, 6.45) is 0. The molecule has 0 N–H and O–H groups in total.